The molecule has 0 bridgehead atoms. The van der Waals surface area contributed by atoms with Gasteiger partial charge in [-0.15, -0.1) is 0 Å². The molecule has 3 N–H and O–H groups in total. The topological polar surface area (TPSA) is 55.1 Å². The first-order valence-corrected chi connectivity index (χ1v) is 6.72. The summed E-state index contributed by atoms with van der Waals surface area (Å²) in [7, 11) is 0. The maximum absolute atomic E-state index is 13.6. The van der Waals surface area contributed by atoms with Crippen molar-refractivity contribution in [3.63, 3.8) is 0 Å². The maximum atomic E-state index is 13.6. The van der Waals surface area contributed by atoms with Gasteiger partial charge in [0.1, 0.15) is 5.82 Å². The Labute approximate surface area is 122 Å². The number of hydrogen-bond acceptors (Lipinski definition) is 2. The first kappa shape index (κ1) is 15.9. The molecule has 3 nitrogen and oxygen atoms in total. The summed E-state index contributed by atoms with van der Waals surface area (Å²) in [6.45, 7) is 3.72. The highest BCUT2D eigenvalue weighted by molar-refractivity contribution is 7.80. The molecule has 104 valence electrons. The van der Waals surface area contributed by atoms with E-state index in [9.17, 15) is 9.18 Å². The van der Waals surface area contributed by atoms with Crippen molar-refractivity contribution in [1.29, 1.82) is 0 Å². The molecule has 1 aromatic carbocycles. The van der Waals surface area contributed by atoms with E-state index in [1.807, 2.05) is 13.8 Å². The molecule has 0 unspecified atom stereocenters. The van der Waals surface area contributed by atoms with E-state index < -0.39 is 17.3 Å². The molecular weight excluding hydrogens is 287 g/mol. The van der Waals surface area contributed by atoms with Gasteiger partial charge in [-0.2, -0.15) is 0 Å². The quantitative estimate of drug-likeness (QED) is 0.822. The molecule has 0 aliphatic heterocycles. The number of benzene rings is 1. The Morgan fingerprint density at radius 3 is 2.53 bits per heavy atom. The zero-order valence-corrected chi connectivity index (χ0v) is 12.4. The lowest BCUT2D eigenvalue weighted by molar-refractivity contribution is 0.0915. The number of nitrogens with one attached hydrogen (secondary N) is 1. The van der Waals surface area contributed by atoms with Crippen molar-refractivity contribution >= 4 is 34.7 Å². The van der Waals surface area contributed by atoms with Gasteiger partial charge in [-0.3, -0.25) is 4.79 Å². The van der Waals surface area contributed by atoms with Gasteiger partial charge in [-0.25, -0.2) is 4.39 Å². The number of rotatable bonds is 5. The first-order chi connectivity index (χ1) is 8.86. The zero-order valence-electron chi connectivity index (χ0n) is 10.8. The Bertz CT molecular complexity index is 503. The Balaban J connectivity index is 3.07. The fourth-order valence-electron chi connectivity index (χ4n) is 1.79. The van der Waals surface area contributed by atoms with Crippen LogP contribution in [0.25, 0.3) is 0 Å². The molecule has 0 atom stereocenters. The van der Waals surface area contributed by atoms with E-state index in [2.05, 4.69) is 5.32 Å². The molecule has 0 fully saturated rings. The standard InChI is InChI=1S/C13H16ClFN2OS/c1-3-13(4-2,12(16)19)17-11(18)9-7-8(14)5-6-10(9)15/h5-7H,3-4H2,1-2H3,(H2,16,19)(H,17,18). The van der Waals surface area contributed by atoms with E-state index in [0.717, 1.165) is 6.07 Å². The molecule has 19 heavy (non-hydrogen) atoms. The number of nitrogens with two attached hydrogens (primary N) is 1. The lowest BCUT2D eigenvalue weighted by atomic mass is 9.92. The van der Waals surface area contributed by atoms with E-state index in [-0.39, 0.29) is 10.6 Å². The van der Waals surface area contributed by atoms with Crippen molar-refractivity contribution in [1.82, 2.24) is 5.32 Å². The SMILES string of the molecule is CCC(CC)(NC(=O)c1cc(Cl)ccc1F)C(N)=S. The van der Waals surface area contributed by atoms with Gasteiger partial charge in [0.05, 0.1) is 16.1 Å². The molecule has 6 heteroatoms. The number of hydrogen-bond donors (Lipinski definition) is 2. The average molecular weight is 303 g/mol. The monoisotopic (exact) mass is 302 g/mol. The van der Waals surface area contributed by atoms with Crippen molar-refractivity contribution in [2.45, 2.75) is 32.2 Å². The molecule has 0 spiro atoms. The fraction of sp³-hybridized carbons (Fsp3) is 0.385. The van der Waals surface area contributed by atoms with Crippen molar-refractivity contribution in [3.8, 4) is 0 Å². The second-order valence-corrected chi connectivity index (χ2v) is 5.11. The van der Waals surface area contributed by atoms with Crippen LogP contribution in [0.5, 0.6) is 0 Å². The molecule has 0 aliphatic carbocycles. The lowest BCUT2D eigenvalue weighted by Gasteiger charge is -2.31. The molecule has 1 rings (SSSR count). The van der Waals surface area contributed by atoms with Crippen LogP contribution in [-0.2, 0) is 0 Å². The Hall–Kier alpha value is -1.20. The third kappa shape index (κ3) is 3.42. The van der Waals surface area contributed by atoms with Gasteiger partial charge in [0, 0.05) is 5.02 Å². The first-order valence-electron chi connectivity index (χ1n) is 5.93. The Morgan fingerprint density at radius 2 is 2.05 bits per heavy atom. The number of carbonyl (C=O) groups is 1. The van der Waals surface area contributed by atoms with Crippen molar-refractivity contribution in [3.05, 3.63) is 34.6 Å². The number of thiocarbonyl (C=S) groups is 1. The van der Waals surface area contributed by atoms with Gasteiger partial charge in [0.25, 0.3) is 5.91 Å². The maximum Gasteiger partial charge on any atom is 0.255 e. The molecule has 1 aromatic rings. The minimum absolute atomic E-state index is 0.116. The summed E-state index contributed by atoms with van der Waals surface area (Å²) >= 11 is 10.8. The van der Waals surface area contributed by atoms with Gasteiger partial charge in [0.15, 0.2) is 0 Å². The molecule has 0 saturated carbocycles. The third-order valence-electron chi connectivity index (χ3n) is 3.20. The van der Waals surface area contributed by atoms with E-state index in [1.54, 1.807) is 0 Å². The molecule has 0 radical (unpaired) electrons. The molecule has 0 heterocycles. The summed E-state index contributed by atoms with van der Waals surface area (Å²) < 4.78 is 13.6. The summed E-state index contributed by atoms with van der Waals surface area (Å²) in [6.07, 6.45) is 1.07. The van der Waals surface area contributed by atoms with Crippen molar-refractivity contribution in [2.24, 2.45) is 5.73 Å². The van der Waals surface area contributed by atoms with Crippen LogP contribution in [0.1, 0.15) is 37.0 Å². The van der Waals surface area contributed by atoms with Crippen LogP contribution in [0.3, 0.4) is 0 Å². The fourth-order valence-corrected chi connectivity index (χ4v) is 2.30. The summed E-state index contributed by atoms with van der Waals surface area (Å²) in [5.74, 6) is -1.21. The van der Waals surface area contributed by atoms with E-state index in [1.165, 1.54) is 12.1 Å². The van der Waals surface area contributed by atoms with Crippen LogP contribution in [0, 0.1) is 5.82 Å². The minimum Gasteiger partial charge on any atom is -0.391 e. The largest absolute Gasteiger partial charge is 0.391 e. The third-order valence-corrected chi connectivity index (χ3v) is 3.83. The van der Waals surface area contributed by atoms with E-state index >= 15 is 0 Å². The van der Waals surface area contributed by atoms with Crippen LogP contribution < -0.4 is 11.1 Å². The predicted octanol–water partition coefficient (Wildman–Crippen LogP) is 3.05. The number of carbonyl (C=O) groups excluding carboxylic acids is 1. The zero-order chi connectivity index (χ0) is 14.6. The molecule has 0 saturated heterocycles. The van der Waals surface area contributed by atoms with Crippen LogP contribution >= 0.6 is 23.8 Å². The van der Waals surface area contributed by atoms with Gasteiger partial charge in [0.2, 0.25) is 0 Å². The van der Waals surface area contributed by atoms with Gasteiger partial charge < -0.3 is 11.1 Å². The molecular formula is C13H16ClFN2OS. The summed E-state index contributed by atoms with van der Waals surface area (Å²) in [6, 6.07) is 3.81. The summed E-state index contributed by atoms with van der Waals surface area (Å²) in [4.78, 5) is 12.3. The van der Waals surface area contributed by atoms with E-state index in [4.69, 9.17) is 29.6 Å². The van der Waals surface area contributed by atoms with Crippen molar-refractivity contribution < 1.29 is 9.18 Å². The average Bonchev–Trinajstić information content (AvgIpc) is 2.38. The summed E-state index contributed by atoms with van der Waals surface area (Å²) in [5.41, 5.74) is 4.76. The highest BCUT2D eigenvalue weighted by atomic mass is 35.5. The summed E-state index contributed by atoms with van der Waals surface area (Å²) in [5, 5.41) is 3.00. The van der Waals surface area contributed by atoms with Gasteiger partial charge in [-0.05, 0) is 31.0 Å². The molecule has 0 aromatic heterocycles. The van der Waals surface area contributed by atoms with Crippen LogP contribution in [0.15, 0.2) is 18.2 Å². The highest BCUT2D eigenvalue weighted by Crippen LogP contribution is 2.19. The van der Waals surface area contributed by atoms with E-state index in [0.29, 0.717) is 17.9 Å². The second-order valence-electron chi connectivity index (χ2n) is 4.23. The van der Waals surface area contributed by atoms with Gasteiger partial charge in [-0.1, -0.05) is 37.7 Å². The Kier molecular flexibility index (Phi) is 5.26. The minimum atomic E-state index is -0.804. The predicted molar refractivity (Wildman–Crippen MR) is 79.0 cm³/mol. The van der Waals surface area contributed by atoms with Crippen molar-refractivity contribution in [2.75, 3.05) is 0 Å². The molecule has 0 aliphatic rings. The Morgan fingerprint density at radius 1 is 1.47 bits per heavy atom. The normalized spacial score (nSPS) is 11.2. The van der Waals surface area contributed by atoms with Crippen LogP contribution in [0.2, 0.25) is 5.02 Å². The highest BCUT2D eigenvalue weighted by Gasteiger charge is 2.32. The van der Waals surface area contributed by atoms with Gasteiger partial charge >= 0.3 is 0 Å². The smallest absolute Gasteiger partial charge is 0.255 e. The second kappa shape index (κ2) is 6.30. The number of amides is 1. The number of halogens is 2. The molecule has 1 amide bonds. The lowest BCUT2D eigenvalue weighted by Crippen LogP contribution is -2.56. The van der Waals surface area contributed by atoms with Crippen LogP contribution in [-0.4, -0.2) is 16.4 Å². The van der Waals surface area contributed by atoms with Crippen LogP contribution in [0.4, 0.5) is 4.39 Å².